The van der Waals surface area contributed by atoms with Gasteiger partial charge in [-0.2, -0.15) is 13.2 Å². The fraction of sp³-hybridized carbons (Fsp3) is 0.182. The zero-order valence-electron chi connectivity index (χ0n) is 16.9. The fourth-order valence-electron chi connectivity index (χ4n) is 3.35. The highest BCUT2D eigenvalue weighted by Crippen LogP contribution is 2.49. The standard InChI is InChI=1S/C21H19S2.CHF3O3S/c1-14-12-15(2)21(16(3)13-14)23-19-10-6-4-8-17(19)22-18-9-5-7-11-20(18)23;2-1(3,4)8(5,6)7/h4-13H,1-3H3;(H,5,6,7)/q+1;/p-1. The Hall–Kier alpha value is -1.94. The summed E-state index contributed by atoms with van der Waals surface area (Å²) in [6.07, 6.45) is 0. The molecular weight excluding hydrogens is 465 g/mol. The minimum Gasteiger partial charge on any atom is -0.741 e. The fourth-order valence-corrected chi connectivity index (χ4v) is 7.38. The highest BCUT2D eigenvalue weighted by Gasteiger charge is 2.39. The second-order valence-corrected chi connectivity index (χ2v) is 11.3. The number of fused-ring (bicyclic) bond motifs is 2. The van der Waals surface area contributed by atoms with E-state index in [1.165, 1.54) is 41.2 Å². The lowest BCUT2D eigenvalue weighted by Gasteiger charge is -2.21. The van der Waals surface area contributed by atoms with Crippen LogP contribution in [0.4, 0.5) is 13.2 Å². The second-order valence-electron chi connectivity index (χ2n) is 6.93. The number of hydrogen-bond acceptors (Lipinski definition) is 4. The van der Waals surface area contributed by atoms with E-state index in [9.17, 15) is 13.2 Å². The molecule has 1 heterocycles. The van der Waals surface area contributed by atoms with Gasteiger partial charge in [0.25, 0.3) is 0 Å². The maximum absolute atomic E-state index is 10.7. The van der Waals surface area contributed by atoms with Crippen molar-refractivity contribution in [3.8, 4) is 0 Å². The molecule has 0 bridgehead atoms. The second kappa shape index (κ2) is 8.90. The van der Waals surface area contributed by atoms with Crippen LogP contribution in [0.15, 0.2) is 85.1 Å². The topological polar surface area (TPSA) is 57.2 Å². The van der Waals surface area contributed by atoms with E-state index in [1.807, 2.05) is 11.8 Å². The molecular formula is C22H19F3O3S3. The molecule has 4 rings (SSSR count). The Bertz CT molecular complexity index is 1150. The van der Waals surface area contributed by atoms with E-state index in [4.69, 9.17) is 13.0 Å². The van der Waals surface area contributed by atoms with E-state index in [0.717, 1.165) is 0 Å². The van der Waals surface area contributed by atoms with Gasteiger partial charge in [-0.1, -0.05) is 53.7 Å². The Morgan fingerprint density at radius 3 is 1.61 bits per heavy atom. The number of aryl methyl sites for hydroxylation is 3. The molecule has 0 fully saturated rings. The average Bonchev–Trinajstić information content (AvgIpc) is 2.65. The third-order valence-electron chi connectivity index (χ3n) is 4.45. The summed E-state index contributed by atoms with van der Waals surface area (Å²) in [4.78, 5) is 7.22. The molecule has 0 amide bonds. The number of rotatable bonds is 1. The minimum absolute atomic E-state index is 0.0102. The minimum atomic E-state index is -6.09. The SMILES string of the molecule is Cc1cc(C)c([S+]2c3ccccc3Sc3ccccc32)c(C)c1.O=S(=O)([O-])C(F)(F)F. The van der Waals surface area contributed by atoms with E-state index >= 15 is 0 Å². The summed E-state index contributed by atoms with van der Waals surface area (Å²) in [5.74, 6) is 0. The molecule has 0 unspecified atom stereocenters. The number of hydrogen-bond donors (Lipinski definition) is 0. The molecule has 0 saturated carbocycles. The number of halogens is 3. The van der Waals surface area contributed by atoms with Crippen LogP contribution in [0.5, 0.6) is 0 Å². The largest absolute Gasteiger partial charge is 0.741 e. The Kier molecular flexibility index (Phi) is 6.81. The lowest BCUT2D eigenvalue weighted by molar-refractivity contribution is -0.0517. The summed E-state index contributed by atoms with van der Waals surface area (Å²) < 4.78 is 58.9. The van der Waals surface area contributed by atoms with Crippen molar-refractivity contribution in [1.82, 2.24) is 0 Å². The van der Waals surface area contributed by atoms with Crippen LogP contribution in [-0.4, -0.2) is 18.5 Å². The third-order valence-corrected chi connectivity index (χ3v) is 9.07. The first-order valence-electron chi connectivity index (χ1n) is 9.10. The van der Waals surface area contributed by atoms with E-state index in [-0.39, 0.29) is 10.9 Å². The van der Waals surface area contributed by atoms with Gasteiger partial charge in [-0.05, 0) is 45.0 Å². The molecule has 0 aliphatic carbocycles. The van der Waals surface area contributed by atoms with Crippen LogP contribution in [0.3, 0.4) is 0 Å². The van der Waals surface area contributed by atoms with Crippen LogP contribution in [-0.2, 0) is 21.0 Å². The van der Waals surface area contributed by atoms with Gasteiger partial charge in [-0.3, -0.25) is 0 Å². The normalized spacial score (nSPS) is 13.6. The van der Waals surface area contributed by atoms with Gasteiger partial charge in [-0.25, -0.2) is 8.42 Å². The molecule has 0 spiro atoms. The molecule has 0 N–H and O–H groups in total. The summed E-state index contributed by atoms with van der Waals surface area (Å²) in [5, 5.41) is 0. The maximum atomic E-state index is 10.7. The van der Waals surface area contributed by atoms with Crippen molar-refractivity contribution < 1.29 is 26.1 Å². The third kappa shape index (κ3) is 5.11. The summed E-state index contributed by atoms with van der Waals surface area (Å²) in [5.41, 5.74) is -1.49. The maximum Gasteiger partial charge on any atom is 0.485 e. The van der Waals surface area contributed by atoms with Gasteiger partial charge in [-0.15, -0.1) is 0 Å². The van der Waals surface area contributed by atoms with Crippen molar-refractivity contribution >= 4 is 32.8 Å². The van der Waals surface area contributed by atoms with E-state index in [0.29, 0.717) is 0 Å². The van der Waals surface area contributed by atoms with Crippen LogP contribution in [0, 0.1) is 20.8 Å². The van der Waals surface area contributed by atoms with E-state index < -0.39 is 15.6 Å². The molecule has 0 aromatic heterocycles. The van der Waals surface area contributed by atoms with Gasteiger partial charge >= 0.3 is 5.51 Å². The predicted molar refractivity (Wildman–Crippen MR) is 116 cm³/mol. The van der Waals surface area contributed by atoms with Crippen molar-refractivity contribution in [3.05, 3.63) is 77.4 Å². The van der Waals surface area contributed by atoms with Crippen LogP contribution >= 0.6 is 11.8 Å². The molecule has 0 radical (unpaired) electrons. The van der Waals surface area contributed by atoms with Gasteiger partial charge in [0.1, 0.15) is 10.9 Å². The van der Waals surface area contributed by atoms with Crippen LogP contribution in [0.2, 0.25) is 0 Å². The molecule has 0 atom stereocenters. The Morgan fingerprint density at radius 2 is 1.23 bits per heavy atom. The lowest BCUT2D eigenvalue weighted by atomic mass is 10.1. The zero-order chi connectivity index (χ0) is 23.0. The Balaban J connectivity index is 0.000000293. The summed E-state index contributed by atoms with van der Waals surface area (Å²) in [6.45, 7) is 6.70. The van der Waals surface area contributed by atoms with Crippen molar-refractivity contribution in [2.24, 2.45) is 0 Å². The molecule has 164 valence electrons. The number of alkyl halides is 3. The molecule has 9 heteroatoms. The zero-order valence-corrected chi connectivity index (χ0v) is 19.3. The smallest absolute Gasteiger partial charge is 0.485 e. The molecule has 1 aliphatic rings. The van der Waals surface area contributed by atoms with Crippen LogP contribution in [0.25, 0.3) is 0 Å². The first kappa shape index (κ1) is 23.7. The van der Waals surface area contributed by atoms with Crippen molar-refractivity contribution in [2.45, 2.75) is 50.8 Å². The molecule has 3 nitrogen and oxygen atoms in total. The monoisotopic (exact) mass is 484 g/mol. The summed E-state index contributed by atoms with van der Waals surface area (Å²) in [7, 11) is -6.10. The molecule has 3 aromatic carbocycles. The van der Waals surface area contributed by atoms with Crippen molar-refractivity contribution in [2.75, 3.05) is 0 Å². The van der Waals surface area contributed by atoms with Crippen LogP contribution in [0.1, 0.15) is 16.7 Å². The highest BCUT2D eigenvalue weighted by atomic mass is 32.2. The molecule has 3 aromatic rings. The van der Waals surface area contributed by atoms with E-state index in [2.05, 4.69) is 81.4 Å². The quantitative estimate of drug-likeness (QED) is 0.183. The average molecular weight is 485 g/mol. The van der Waals surface area contributed by atoms with Gasteiger partial charge < -0.3 is 4.55 Å². The van der Waals surface area contributed by atoms with Gasteiger partial charge in [0.05, 0.1) is 9.79 Å². The van der Waals surface area contributed by atoms with Crippen LogP contribution < -0.4 is 0 Å². The molecule has 31 heavy (non-hydrogen) atoms. The molecule has 1 aliphatic heterocycles. The highest BCUT2D eigenvalue weighted by molar-refractivity contribution is 8.04. The number of benzene rings is 3. The van der Waals surface area contributed by atoms with Crippen molar-refractivity contribution in [1.29, 1.82) is 0 Å². The van der Waals surface area contributed by atoms with Gasteiger partial charge in [0.15, 0.2) is 24.8 Å². The summed E-state index contributed by atoms with van der Waals surface area (Å²) in [6, 6.07) is 22.4. The molecule has 0 saturated heterocycles. The van der Waals surface area contributed by atoms with Gasteiger partial charge in [0, 0.05) is 11.1 Å². The Morgan fingerprint density at radius 1 is 0.839 bits per heavy atom. The van der Waals surface area contributed by atoms with Gasteiger partial charge in [0.2, 0.25) is 0 Å². The first-order chi connectivity index (χ1) is 14.4. The van der Waals surface area contributed by atoms with E-state index in [1.54, 1.807) is 0 Å². The predicted octanol–water partition coefficient (Wildman–Crippen LogP) is 6.22. The summed E-state index contributed by atoms with van der Waals surface area (Å²) >= 11 is 1.90. The van der Waals surface area contributed by atoms with Crippen molar-refractivity contribution in [3.63, 3.8) is 0 Å². The first-order valence-corrected chi connectivity index (χ1v) is 12.6. The lowest BCUT2D eigenvalue weighted by Crippen LogP contribution is -2.21. The Labute approximate surface area is 186 Å².